The van der Waals surface area contributed by atoms with Crippen molar-refractivity contribution < 1.29 is 9.90 Å². The summed E-state index contributed by atoms with van der Waals surface area (Å²) < 4.78 is 0. The monoisotopic (exact) mass is 274 g/mol. The van der Waals surface area contributed by atoms with Gasteiger partial charge in [0.15, 0.2) is 0 Å². The largest absolute Gasteiger partial charge is 0.396 e. The fraction of sp³-hybridized carbons (Fsp3) is 0.562. The van der Waals surface area contributed by atoms with Gasteiger partial charge in [0.25, 0.3) is 5.91 Å². The number of fused-ring (bicyclic) bond motifs is 1. The summed E-state index contributed by atoms with van der Waals surface area (Å²) in [5.74, 6) is -0.0343. The standard InChI is InChI=1S/C16H22N2O2/c1-15(10-16(11-19)8-4-5-9-16)17-13-7-3-2-6-12(13)14(20)18-15/h2-3,6-7,17,19H,4-5,8-11H2,1H3,(H,18,20). The van der Waals surface area contributed by atoms with E-state index < -0.39 is 5.66 Å². The Morgan fingerprint density at radius 3 is 2.60 bits per heavy atom. The first-order chi connectivity index (χ1) is 9.56. The summed E-state index contributed by atoms with van der Waals surface area (Å²) in [7, 11) is 0. The number of carbonyl (C=O) groups excluding carboxylic acids is 1. The second-order valence-electron chi connectivity index (χ2n) is 6.50. The minimum atomic E-state index is -0.488. The quantitative estimate of drug-likeness (QED) is 0.793. The van der Waals surface area contributed by atoms with Crippen molar-refractivity contribution in [1.29, 1.82) is 0 Å². The van der Waals surface area contributed by atoms with Gasteiger partial charge >= 0.3 is 0 Å². The predicted octanol–water partition coefficient (Wildman–Crippen LogP) is 2.50. The lowest BCUT2D eigenvalue weighted by molar-refractivity contribution is 0.0749. The smallest absolute Gasteiger partial charge is 0.255 e. The van der Waals surface area contributed by atoms with Gasteiger partial charge < -0.3 is 15.7 Å². The summed E-state index contributed by atoms with van der Waals surface area (Å²) in [4.78, 5) is 12.3. The first-order valence-electron chi connectivity index (χ1n) is 7.37. The van der Waals surface area contributed by atoms with E-state index in [2.05, 4.69) is 10.6 Å². The highest BCUT2D eigenvalue weighted by atomic mass is 16.3. The fourth-order valence-electron chi connectivity index (χ4n) is 3.79. The Balaban J connectivity index is 1.85. The van der Waals surface area contributed by atoms with Gasteiger partial charge in [-0.1, -0.05) is 25.0 Å². The molecule has 1 amide bonds. The number of anilines is 1. The van der Waals surface area contributed by atoms with Gasteiger partial charge in [0.1, 0.15) is 5.66 Å². The number of amides is 1. The zero-order valence-corrected chi connectivity index (χ0v) is 11.9. The molecule has 1 aliphatic heterocycles. The molecule has 0 radical (unpaired) electrons. The maximum atomic E-state index is 12.3. The number of aliphatic hydroxyl groups is 1. The van der Waals surface area contributed by atoms with Crippen molar-refractivity contribution in [1.82, 2.24) is 5.32 Å². The SMILES string of the molecule is CC1(CC2(CO)CCCC2)NC(=O)c2ccccc2N1. The average Bonchev–Trinajstić information content (AvgIpc) is 2.87. The topological polar surface area (TPSA) is 61.4 Å². The highest BCUT2D eigenvalue weighted by Gasteiger charge is 2.43. The van der Waals surface area contributed by atoms with Gasteiger partial charge in [-0.2, -0.15) is 0 Å². The first kappa shape index (κ1) is 13.4. The lowest BCUT2D eigenvalue weighted by Gasteiger charge is -2.43. The molecule has 108 valence electrons. The number of para-hydroxylation sites is 1. The molecule has 1 saturated carbocycles. The molecule has 1 fully saturated rings. The van der Waals surface area contributed by atoms with Crippen LogP contribution in [0, 0.1) is 5.41 Å². The predicted molar refractivity (Wildman–Crippen MR) is 78.5 cm³/mol. The molecule has 3 rings (SSSR count). The normalized spacial score (nSPS) is 27.6. The molecule has 0 saturated heterocycles. The molecule has 2 aliphatic rings. The van der Waals surface area contributed by atoms with Crippen LogP contribution < -0.4 is 10.6 Å². The second-order valence-corrected chi connectivity index (χ2v) is 6.50. The van der Waals surface area contributed by atoms with E-state index >= 15 is 0 Å². The van der Waals surface area contributed by atoms with Crippen molar-refractivity contribution in [2.45, 2.75) is 44.7 Å². The van der Waals surface area contributed by atoms with Crippen LogP contribution in [0.5, 0.6) is 0 Å². The molecule has 4 nitrogen and oxygen atoms in total. The van der Waals surface area contributed by atoms with Crippen molar-refractivity contribution in [3.63, 3.8) is 0 Å². The Bertz CT molecular complexity index is 523. The van der Waals surface area contributed by atoms with Crippen LogP contribution in [0.4, 0.5) is 5.69 Å². The van der Waals surface area contributed by atoms with Crippen LogP contribution in [0.2, 0.25) is 0 Å². The summed E-state index contributed by atoms with van der Waals surface area (Å²) in [6.07, 6.45) is 5.18. The number of aliphatic hydroxyl groups excluding tert-OH is 1. The number of rotatable bonds is 3. The van der Waals surface area contributed by atoms with Crippen LogP contribution in [-0.2, 0) is 0 Å². The van der Waals surface area contributed by atoms with Crippen molar-refractivity contribution in [2.75, 3.05) is 11.9 Å². The number of hydrogen-bond donors (Lipinski definition) is 3. The average molecular weight is 274 g/mol. The minimum absolute atomic E-state index is 0.0343. The summed E-state index contributed by atoms with van der Waals surface area (Å²) in [6, 6.07) is 7.57. The van der Waals surface area contributed by atoms with Gasteiger partial charge in [-0.25, -0.2) is 0 Å². The molecule has 1 aromatic rings. The lowest BCUT2D eigenvalue weighted by atomic mass is 9.78. The molecule has 1 aliphatic carbocycles. The van der Waals surface area contributed by atoms with Crippen LogP contribution in [0.1, 0.15) is 49.4 Å². The van der Waals surface area contributed by atoms with Crippen molar-refractivity contribution in [2.24, 2.45) is 5.41 Å². The highest BCUT2D eigenvalue weighted by Crippen LogP contribution is 2.44. The van der Waals surface area contributed by atoms with Gasteiger partial charge in [-0.15, -0.1) is 0 Å². The molecular weight excluding hydrogens is 252 g/mol. The summed E-state index contributed by atoms with van der Waals surface area (Å²) in [5, 5.41) is 16.3. The van der Waals surface area contributed by atoms with Crippen LogP contribution in [-0.4, -0.2) is 23.3 Å². The van der Waals surface area contributed by atoms with Gasteiger partial charge in [-0.05, 0) is 43.7 Å². The van der Waals surface area contributed by atoms with E-state index in [9.17, 15) is 9.90 Å². The maximum absolute atomic E-state index is 12.3. The van der Waals surface area contributed by atoms with Crippen molar-refractivity contribution in [3.05, 3.63) is 29.8 Å². The summed E-state index contributed by atoms with van der Waals surface area (Å²) >= 11 is 0. The van der Waals surface area contributed by atoms with E-state index in [1.807, 2.05) is 31.2 Å². The number of hydrogen-bond acceptors (Lipinski definition) is 3. The molecule has 0 bridgehead atoms. The van der Waals surface area contributed by atoms with E-state index in [0.29, 0.717) is 5.56 Å². The van der Waals surface area contributed by atoms with E-state index in [1.165, 1.54) is 12.8 Å². The Labute approximate surface area is 119 Å². The summed E-state index contributed by atoms with van der Waals surface area (Å²) in [6.45, 7) is 2.21. The van der Waals surface area contributed by atoms with Crippen molar-refractivity contribution >= 4 is 11.6 Å². The molecule has 1 unspecified atom stereocenters. The third-order valence-corrected chi connectivity index (χ3v) is 4.70. The number of benzene rings is 1. The molecule has 1 aromatic carbocycles. The van der Waals surface area contributed by atoms with Crippen LogP contribution in [0.15, 0.2) is 24.3 Å². The van der Waals surface area contributed by atoms with E-state index in [1.54, 1.807) is 0 Å². The lowest BCUT2D eigenvalue weighted by Crippen LogP contribution is -2.58. The second kappa shape index (κ2) is 4.77. The molecule has 20 heavy (non-hydrogen) atoms. The fourth-order valence-corrected chi connectivity index (χ4v) is 3.79. The number of nitrogens with one attached hydrogen (secondary N) is 2. The molecule has 3 N–H and O–H groups in total. The third-order valence-electron chi connectivity index (χ3n) is 4.70. The Hall–Kier alpha value is -1.55. The Kier molecular flexibility index (Phi) is 3.21. The van der Waals surface area contributed by atoms with Crippen LogP contribution in [0.3, 0.4) is 0 Å². The van der Waals surface area contributed by atoms with Crippen molar-refractivity contribution in [3.8, 4) is 0 Å². The summed E-state index contributed by atoms with van der Waals surface area (Å²) in [5.41, 5.74) is 1.03. The van der Waals surface area contributed by atoms with Gasteiger partial charge in [0, 0.05) is 12.3 Å². The molecule has 1 heterocycles. The molecule has 1 atom stereocenters. The van der Waals surface area contributed by atoms with Gasteiger partial charge in [0.2, 0.25) is 0 Å². The first-order valence-corrected chi connectivity index (χ1v) is 7.37. The van der Waals surface area contributed by atoms with E-state index in [0.717, 1.165) is 24.9 Å². The molecular formula is C16H22N2O2. The van der Waals surface area contributed by atoms with Crippen LogP contribution >= 0.6 is 0 Å². The minimum Gasteiger partial charge on any atom is -0.396 e. The third kappa shape index (κ3) is 2.29. The van der Waals surface area contributed by atoms with Gasteiger partial charge in [0.05, 0.1) is 5.56 Å². The number of carbonyl (C=O) groups is 1. The molecule has 4 heteroatoms. The highest BCUT2D eigenvalue weighted by molar-refractivity contribution is 6.02. The van der Waals surface area contributed by atoms with Crippen LogP contribution in [0.25, 0.3) is 0 Å². The van der Waals surface area contributed by atoms with E-state index in [-0.39, 0.29) is 17.9 Å². The van der Waals surface area contributed by atoms with Gasteiger partial charge in [-0.3, -0.25) is 4.79 Å². The molecule has 0 aromatic heterocycles. The Morgan fingerprint density at radius 2 is 1.90 bits per heavy atom. The maximum Gasteiger partial charge on any atom is 0.255 e. The van der Waals surface area contributed by atoms with E-state index in [4.69, 9.17) is 0 Å². The molecule has 0 spiro atoms. The Morgan fingerprint density at radius 1 is 1.20 bits per heavy atom. The zero-order chi connectivity index (χ0) is 14.2. The zero-order valence-electron chi connectivity index (χ0n) is 11.9.